The topological polar surface area (TPSA) is 74.4 Å². The maximum atomic E-state index is 8.87. The molecule has 2 aromatic rings. The molecule has 1 unspecified atom stereocenters. The Labute approximate surface area is 113 Å². The Bertz CT molecular complexity index is 632. The van der Waals surface area contributed by atoms with Crippen LogP contribution >= 0.6 is 15.9 Å². The van der Waals surface area contributed by atoms with Crippen molar-refractivity contribution in [2.24, 2.45) is 10.9 Å². The van der Waals surface area contributed by atoms with Crippen LogP contribution in [0.2, 0.25) is 0 Å². The molecule has 1 aliphatic rings. The third kappa shape index (κ3) is 1.70. The maximum Gasteiger partial charge on any atom is 0.148 e. The SMILES string of the molecule is N/C(=N/O)C1CCCc2c1[nH]c1ccc(Br)cc21. The minimum absolute atomic E-state index is 0.00456. The van der Waals surface area contributed by atoms with Crippen LogP contribution in [0.15, 0.2) is 27.8 Å². The fraction of sp³-hybridized carbons (Fsp3) is 0.308. The second kappa shape index (κ2) is 4.31. The van der Waals surface area contributed by atoms with Crippen LogP contribution in [0.1, 0.15) is 30.0 Å². The molecule has 1 atom stereocenters. The number of oxime groups is 1. The number of hydrogen-bond donors (Lipinski definition) is 3. The number of fused-ring (bicyclic) bond motifs is 3. The lowest BCUT2D eigenvalue weighted by molar-refractivity contribution is 0.315. The fourth-order valence-electron chi connectivity index (χ4n) is 2.80. The normalized spacial score (nSPS) is 20.1. The second-order valence-corrected chi connectivity index (χ2v) is 5.59. The Balaban J connectivity index is 2.21. The summed E-state index contributed by atoms with van der Waals surface area (Å²) in [6, 6.07) is 6.20. The summed E-state index contributed by atoms with van der Waals surface area (Å²) in [5.74, 6) is 0.298. The fourth-order valence-corrected chi connectivity index (χ4v) is 3.16. The van der Waals surface area contributed by atoms with E-state index < -0.39 is 0 Å². The van der Waals surface area contributed by atoms with Gasteiger partial charge < -0.3 is 15.9 Å². The van der Waals surface area contributed by atoms with Gasteiger partial charge in [-0.1, -0.05) is 21.1 Å². The maximum absolute atomic E-state index is 8.87. The molecule has 18 heavy (non-hydrogen) atoms. The average molecular weight is 308 g/mol. The van der Waals surface area contributed by atoms with Crippen molar-refractivity contribution < 1.29 is 5.21 Å². The van der Waals surface area contributed by atoms with E-state index in [2.05, 4.69) is 38.2 Å². The summed E-state index contributed by atoms with van der Waals surface area (Å²) in [6.45, 7) is 0. The number of rotatable bonds is 1. The lowest BCUT2D eigenvalue weighted by Crippen LogP contribution is -2.25. The van der Waals surface area contributed by atoms with E-state index in [9.17, 15) is 0 Å². The molecule has 0 saturated heterocycles. The van der Waals surface area contributed by atoms with Crippen molar-refractivity contribution >= 4 is 32.7 Å². The van der Waals surface area contributed by atoms with E-state index in [1.54, 1.807) is 0 Å². The van der Waals surface area contributed by atoms with E-state index in [0.29, 0.717) is 5.84 Å². The number of benzene rings is 1. The number of nitrogens with one attached hydrogen (secondary N) is 1. The number of H-pyrrole nitrogens is 1. The first-order valence-electron chi connectivity index (χ1n) is 5.98. The quantitative estimate of drug-likeness (QED) is 0.328. The molecule has 1 aromatic carbocycles. The van der Waals surface area contributed by atoms with E-state index in [1.165, 1.54) is 10.9 Å². The zero-order valence-corrected chi connectivity index (χ0v) is 11.4. The van der Waals surface area contributed by atoms with Gasteiger partial charge in [0.25, 0.3) is 0 Å². The zero-order chi connectivity index (χ0) is 12.7. The predicted molar refractivity (Wildman–Crippen MR) is 75.1 cm³/mol. The van der Waals surface area contributed by atoms with Gasteiger partial charge in [0.15, 0.2) is 0 Å². The van der Waals surface area contributed by atoms with Crippen LogP contribution in [0.5, 0.6) is 0 Å². The predicted octanol–water partition coefficient (Wildman–Crippen LogP) is 3.10. The minimum atomic E-state index is 0.00456. The molecular weight excluding hydrogens is 294 g/mol. The number of hydrogen-bond acceptors (Lipinski definition) is 2. The Morgan fingerprint density at radius 2 is 2.33 bits per heavy atom. The van der Waals surface area contributed by atoms with Crippen molar-refractivity contribution in [3.8, 4) is 0 Å². The molecular formula is C13H14BrN3O. The van der Waals surface area contributed by atoms with Gasteiger partial charge in [-0.25, -0.2) is 0 Å². The number of halogens is 1. The molecule has 0 spiro atoms. The van der Waals surface area contributed by atoms with Crippen LogP contribution in [0, 0.1) is 0 Å². The lowest BCUT2D eigenvalue weighted by Gasteiger charge is -2.21. The van der Waals surface area contributed by atoms with Gasteiger partial charge in [0.05, 0.1) is 5.92 Å². The highest BCUT2D eigenvalue weighted by Gasteiger charge is 2.27. The summed E-state index contributed by atoms with van der Waals surface area (Å²) in [5, 5.41) is 13.3. The summed E-state index contributed by atoms with van der Waals surface area (Å²) in [4.78, 5) is 3.42. The standard InChI is InChI=1S/C13H14BrN3O/c14-7-4-5-11-10(6-7)8-2-1-3-9(12(8)16-11)13(15)17-18/h4-6,9,16,18H,1-3H2,(H2,15,17). The third-order valence-electron chi connectivity index (χ3n) is 3.64. The van der Waals surface area contributed by atoms with Crippen LogP contribution < -0.4 is 5.73 Å². The van der Waals surface area contributed by atoms with Crippen LogP contribution in [-0.2, 0) is 6.42 Å². The van der Waals surface area contributed by atoms with Crippen LogP contribution in [0.3, 0.4) is 0 Å². The molecule has 4 nitrogen and oxygen atoms in total. The first-order chi connectivity index (χ1) is 8.70. The molecule has 1 aromatic heterocycles. The smallest absolute Gasteiger partial charge is 0.148 e. The minimum Gasteiger partial charge on any atom is -0.409 e. The van der Waals surface area contributed by atoms with E-state index in [0.717, 1.165) is 34.9 Å². The number of nitrogens with zero attached hydrogens (tertiary/aromatic N) is 1. The monoisotopic (exact) mass is 307 g/mol. The highest BCUT2D eigenvalue weighted by molar-refractivity contribution is 9.10. The molecule has 0 bridgehead atoms. The molecule has 0 saturated carbocycles. The number of aryl methyl sites for hydroxylation is 1. The molecule has 0 amide bonds. The van der Waals surface area contributed by atoms with E-state index >= 15 is 0 Å². The molecule has 1 aliphatic carbocycles. The van der Waals surface area contributed by atoms with Gasteiger partial charge in [-0.05, 0) is 43.0 Å². The molecule has 0 radical (unpaired) electrons. The Morgan fingerprint density at radius 3 is 3.11 bits per heavy atom. The Kier molecular flexibility index (Phi) is 2.78. The molecule has 5 heteroatoms. The van der Waals surface area contributed by atoms with Crippen LogP contribution in [0.4, 0.5) is 0 Å². The van der Waals surface area contributed by atoms with E-state index in [4.69, 9.17) is 10.9 Å². The first-order valence-corrected chi connectivity index (χ1v) is 6.77. The number of nitrogens with two attached hydrogens (primary N) is 1. The molecule has 4 N–H and O–H groups in total. The Hall–Kier alpha value is -1.49. The summed E-state index contributed by atoms with van der Waals surface area (Å²) in [6.07, 6.45) is 3.03. The lowest BCUT2D eigenvalue weighted by atomic mass is 9.86. The summed E-state index contributed by atoms with van der Waals surface area (Å²) in [5.41, 5.74) is 9.30. The van der Waals surface area contributed by atoms with Crippen molar-refractivity contribution in [3.63, 3.8) is 0 Å². The van der Waals surface area contributed by atoms with Gasteiger partial charge in [0.1, 0.15) is 5.84 Å². The van der Waals surface area contributed by atoms with Crippen LogP contribution in [-0.4, -0.2) is 16.0 Å². The van der Waals surface area contributed by atoms with E-state index in [-0.39, 0.29) is 5.92 Å². The van der Waals surface area contributed by atoms with Gasteiger partial charge in [0.2, 0.25) is 0 Å². The van der Waals surface area contributed by atoms with Crippen molar-refractivity contribution in [1.82, 2.24) is 4.98 Å². The first kappa shape index (κ1) is 11.6. The second-order valence-electron chi connectivity index (χ2n) is 4.68. The van der Waals surface area contributed by atoms with Gasteiger partial charge in [-0.2, -0.15) is 0 Å². The average Bonchev–Trinajstić information content (AvgIpc) is 2.75. The molecule has 0 aliphatic heterocycles. The number of amidine groups is 1. The highest BCUT2D eigenvalue weighted by atomic mass is 79.9. The van der Waals surface area contributed by atoms with Crippen LogP contribution in [0.25, 0.3) is 10.9 Å². The molecule has 1 heterocycles. The van der Waals surface area contributed by atoms with Gasteiger partial charge in [-0.3, -0.25) is 0 Å². The largest absolute Gasteiger partial charge is 0.409 e. The van der Waals surface area contributed by atoms with Crippen molar-refractivity contribution in [2.45, 2.75) is 25.2 Å². The van der Waals surface area contributed by atoms with Crippen molar-refractivity contribution in [2.75, 3.05) is 0 Å². The molecule has 0 fully saturated rings. The molecule has 3 rings (SSSR count). The van der Waals surface area contributed by atoms with Gasteiger partial charge in [-0.15, -0.1) is 0 Å². The van der Waals surface area contributed by atoms with Gasteiger partial charge >= 0.3 is 0 Å². The molecule has 94 valence electrons. The highest BCUT2D eigenvalue weighted by Crippen LogP contribution is 2.36. The Morgan fingerprint density at radius 1 is 1.50 bits per heavy atom. The summed E-state index contributed by atoms with van der Waals surface area (Å²) < 4.78 is 1.07. The zero-order valence-electron chi connectivity index (χ0n) is 9.78. The number of aromatic amines is 1. The van der Waals surface area contributed by atoms with Gasteiger partial charge in [0, 0.05) is 21.1 Å². The van der Waals surface area contributed by atoms with Crippen molar-refractivity contribution in [1.29, 1.82) is 0 Å². The number of aromatic nitrogens is 1. The van der Waals surface area contributed by atoms with Crippen molar-refractivity contribution in [3.05, 3.63) is 33.9 Å². The summed E-state index contributed by atoms with van der Waals surface area (Å²) >= 11 is 3.50. The van der Waals surface area contributed by atoms with E-state index in [1.807, 2.05) is 6.07 Å². The summed E-state index contributed by atoms with van der Waals surface area (Å²) in [7, 11) is 0. The third-order valence-corrected chi connectivity index (χ3v) is 4.13.